The molecule has 0 saturated heterocycles. The molecule has 1 nitrogen and oxygen atoms in total. The first-order valence-corrected chi connectivity index (χ1v) is 6.48. The van der Waals surface area contributed by atoms with Gasteiger partial charge in [0, 0.05) is 12.0 Å². The number of thiophene rings is 1. The zero-order valence-electron chi connectivity index (χ0n) is 8.95. The largest absolute Gasteiger partial charge is 0.294 e. The highest BCUT2D eigenvalue weighted by Crippen LogP contribution is 2.18. The van der Waals surface area contributed by atoms with E-state index >= 15 is 0 Å². The van der Waals surface area contributed by atoms with Crippen molar-refractivity contribution in [2.75, 3.05) is 0 Å². The Morgan fingerprint density at radius 1 is 1.35 bits per heavy atom. The van der Waals surface area contributed by atoms with Gasteiger partial charge in [0.2, 0.25) is 0 Å². The van der Waals surface area contributed by atoms with Gasteiger partial charge in [-0.25, -0.2) is 4.39 Å². The Bertz CT molecular complexity index is 522. The third kappa shape index (κ3) is 3.14. The van der Waals surface area contributed by atoms with Gasteiger partial charge in [-0.15, -0.1) is 0 Å². The van der Waals surface area contributed by atoms with E-state index in [0.717, 1.165) is 5.56 Å². The normalized spacial score (nSPS) is 10.5. The maximum Gasteiger partial charge on any atom is 0.163 e. The van der Waals surface area contributed by atoms with Crippen LogP contribution in [0, 0.1) is 5.82 Å². The van der Waals surface area contributed by atoms with E-state index in [1.165, 1.54) is 18.2 Å². The standard InChI is InChI=1S/C13H10ClFOS/c14-11-7-10(2-3-12(11)15)13(16)4-1-9-5-6-17-8-9/h2-3,5-8H,1,4H2. The number of benzene rings is 1. The van der Waals surface area contributed by atoms with Crippen LogP contribution in [0.1, 0.15) is 22.3 Å². The number of carbonyl (C=O) groups is 1. The molecule has 1 aromatic carbocycles. The van der Waals surface area contributed by atoms with E-state index < -0.39 is 5.82 Å². The SMILES string of the molecule is O=C(CCc1ccsc1)c1ccc(F)c(Cl)c1. The molecule has 0 fully saturated rings. The maximum atomic E-state index is 12.9. The van der Waals surface area contributed by atoms with E-state index in [1.54, 1.807) is 11.3 Å². The van der Waals surface area contributed by atoms with Crippen LogP contribution < -0.4 is 0 Å². The van der Waals surface area contributed by atoms with Crippen molar-refractivity contribution in [1.82, 2.24) is 0 Å². The molecule has 0 aliphatic heterocycles. The van der Waals surface area contributed by atoms with E-state index in [4.69, 9.17) is 11.6 Å². The zero-order valence-corrected chi connectivity index (χ0v) is 10.5. The molecule has 0 spiro atoms. The monoisotopic (exact) mass is 268 g/mol. The van der Waals surface area contributed by atoms with Gasteiger partial charge in [0.25, 0.3) is 0 Å². The van der Waals surface area contributed by atoms with E-state index in [1.807, 2.05) is 16.8 Å². The minimum absolute atomic E-state index is 0.00798. The van der Waals surface area contributed by atoms with Crippen LogP contribution in [0.15, 0.2) is 35.0 Å². The van der Waals surface area contributed by atoms with Gasteiger partial charge in [-0.2, -0.15) is 11.3 Å². The molecule has 1 aromatic heterocycles. The average Bonchev–Trinajstić information content (AvgIpc) is 2.82. The first kappa shape index (κ1) is 12.3. The lowest BCUT2D eigenvalue weighted by Gasteiger charge is -2.01. The average molecular weight is 269 g/mol. The Hall–Kier alpha value is -1.19. The molecule has 0 radical (unpaired) electrons. The Balaban J connectivity index is 2.02. The lowest BCUT2D eigenvalue weighted by Crippen LogP contribution is -2.01. The molecule has 0 unspecified atom stereocenters. The molecular formula is C13H10ClFOS. The van der Waals surface area contributed by atoms with Crippen molar-refractivity contribution in [2.24, 2.45) is 0 Å². The molecule has 1 heterocycles. The summed E-state index contributed by atoms with van der Waals surface area (Å²) in [5.74, 6) is -0.515. The van der Waals surface area contributed by atoms with Crippen molar-refractivity contribution in [3.63, 3.8) is 0 Å². The number of Topliss-reactive ketones (excluding diaryl/α,β-unsaturated/α-hetero) is 1. The second-order valence-corrected chi connectivity index (χ2v) is 4.87. The van der Waals surface area contributed by atoms with E-state index in [0.29, 0.717) is 18.4 Å². The highest BCUT2D eigenvalue weighted by molar-refractivity contribution is 7.07. The molecule has 0 bridgehead atoms. The van der Waals surface area contributed by atoms with Gasteiger partial charge < -0.3 is 0 Å². The second kappa shape index (κ2) is 5.43. The molecule has 0 aliphatic carbocycles. The molecule has 2 aromatic rings. The second-order valence-electron chi connectivity index (χ2n) is 3.68. The van der Waals surface area contributed by atoms with E-state index in [-0.39, 0.29) is 10.8 Å². The fraction of sp³-hybridized carbons (Fsp3) is 0.154. The predicted octanol–water partition coefficient (Wildman–Crippen LogP) is 4.36. The van der Waals surface area contributed by atoms with Gasteiger partial charge in [-0.1, -0.05) is 11.6 Å². The molecule has 88 valence electrons. The van der Waals surface area contributed by atoms with Crippen LogP contribution in [-0.4, -0.2) is 5.78 Å². The summed E-state index contributed by atoms with van der Waals surface area (Å²) in [5, 5.41) is 3.99. The highest BCUT2D eigenvalue weighted by atomic mass is 35.5. The fourth-order valence-corrected chi connectivity index (χ4v) is 2.39. The minimum atomic E-state index is -0.499. The van der Waals surface area contributed by atoms with Crippen LogP contribution in [0.5, 0.6) is 0 Å². The number of hydrogen-bond donors (Lipinski definition) is 0. The summed E-state index contributed by atoms with van der Waals surface area (Å²) in [7, 11) is 0. The van der Waals surface area contributed by atoms with Crippen LogP contribution in [0.3, 0.4) is 0 Å². The number of halogens is 2. The Morgan fingerprint density at radius 3 is 2.82 bits per heavy atom. The Morgan fingerprint density at radius 2 is 2.18 bits per heavy atom. The summed E-state index contributed by atoms with van der Waals surface area (Å²) in [5.41, 5.74) is 1.61. The third-order valence-corrected chi connectivity index (χ3v) is 3.48. The third-order valence-electron chi connectivity index (χ3n) is 2.46. The molecule has 17 heavy (non-hydrogen) atoms. The molecule has 2 rings (SSSR count). The molecule has 4 heteroatoms. The summed E-state index contributed by atoms with van der Waals surface area (Å²) in [6.07, 6.45) is 1.12. The van der Waals surface area contributed by atoms with Crippen LogP contribution in [-0.2, 0) is 6.42 Å². The number of aryl methyl sites for hydroxylation is 1. The van der Waals surface area contributed by atoms with Crippen molar-refractivity contribution in [2.45, 2.75) is 12.8 Å². The Kier molecular flexibility index (Phi) is 3.92. The van der Waals surface area contributed by atoms with Crippen molar-refractivity contribution < 1.29 is 9.18 Å². The highest BCUT2D eigenvalue weighted by Gasteiger charge is 2.09. The molecule has 0 aliphatic rings. The van der Waals surface area contributed by atoms with Gasteiger partial charge in [0.05, 0.1) is 5.02 Å². The van der Waals surface area contributed by atoms with Gasteiger partial charge in [0.15, 0.2) is 5.78 Å². The molecular weight excluding hydrogens is 259 g/mol. The topological polar surface area (TPSA) is 17.1 Å². The lowest BCUT2D eigenvalue weighted by atomic mass is 10.0. The van der Waals surface area contributed by atoms with Crippen molar-refractivity contribution in [3.05, 3.63) is 57.0 Å². The Labute approximate surface area is 108 Å². The predicted molar refractivity (Wildman–Crippen MR) is 68.4 cm³/mol. The number of hydrogen-bond acceptors (Lipinski definition) is 2. The van der Waals surface area contributed by atoms with Gasteiger partial charge in [-0.3, -0.25) is 4.79 Å². The maximum absolute atomic E-state index is 12.9. The summed E-state index contributed by atoms with van der Waals surface area (Å²) in [6, 6.07) is 6.07. The number of ketones is 1. The summed E-state index contributed by atoms with van der Waals surface area (Å²) in [4.78, 5) is 11.8. The minimum Gasteiger partial charge on any atom is -0.294 e. The van der Waals surface area contributed by atoms with Crippen LogP contribution >= 0.6 is 22.9 Å². The van der Waals surface area contributed by atoms with E-state index in [9.17, 15) is 9.18 Å². The quantitative estimate of drug-likeness (QED) is 0.753. The number of carbonyl (C=O) groups excluding carboxylic acids is 1. The van der Waals surface area contributed by atoms with Crippen LogP contribution in [0.4, 0.5) is 4.39 Å². The fourth-order valence-electron chi connectivity index (χ4n) is 1.51. The zero-order chi connectivity index (χ0) is 12.3. The van der Waals surface area contributed by atoms with E-state index in [2.05, 4.69) is 0 Å². The molecule has 0 amide bonds. The molecule has 0 atom stereocenters. The van der Waals surface area contributed by atoms with Gasteiger partial charge >= 0.3 is 0 Å². The van der Waals surface area contributed by atoms with Gasteiger partial charge in [0.1, 0.15) is 5.82 Å². The lowest BCUT2D eigenvalue weighted by molar-refractivity contribution is 0.0983. The van der Waals surface area contributed by atoms with Gasteiger partial charge in [-0.05, 0) is 47.0 Å². The summed E-state index contributed by atoms with van der Waals surface area (Å²) < 4.78 is 12.9. The smallest absolute Gasteiger partial charge is 0.163 e. The van der Waals surface area contributed by atoms with Crippen molar-refractivity contribution >= 4 is 28.7 Å². The first-order chi connectivity index (χ1) is 8.16. The van der Waals surface area contributed by atoms with Crippen molar-refractivity contribution in [3.8, 4) is 0 Å². The molecule has 0 saturated carbocycles. The van der Waals surface area contributed by atoms with Crippen LogP contribution in [0.25, 0.3) is 0 Å². The number of rotatable bonds is 4. The molecule has 0 N–H and O–H groups in total. The summed E-state index contributed by atoms with van der Waals surface area (Å²) in [6.45, 7) is 0. The van der Waals surface area contributed by atoms with Crippen LogP contribution in [0.2, 0.25) is 5.02 Å². The summed E-state index contributed by atoms with van der Waals surface area (Å²) >= 11 is 7.24. The first-order valence-electron chi connectivity index (χ1n) is 5.16. The van der Waals surface area contributed by atoms with Crippen molar-refractivity contribution in [1.29, 1.82) is 0 Å².